The van der Waals surface area contributed by atoms with Crippen molar-refractivity contribution in [2.24, 2.45) is 0 Å². The number of hydrogen-bond acceptors (Lipinski definition) is 4. The first-order chi connectivity index (χ1) is 12.6. The summed E-state index contributed by atoms with van der Waals surface area (Å²) in [7, 11) is 0. The lowest BCUT2D eigenvalue weighted by Crippen LogP contribution is -2.36. The molecule has 26 heavy (non-hydrogen) atoms. The van der Waals surface area contributed by atoms with Gasteiger partial charge in [0.25, 0.3) is 5.91 Å². The van der Waals surface area contributed by atoms with E-state index < -0.39 is 0 Å². The molecule has 1 amide bonds. The zero-order chi connectivity index (χ0) is 18.8. The topological polar surface area (TPSA) is 55.8 Å². The zero-order valence-electron chi connectivity index (χ0n) is 14.7. The molecule has 0 bridgehead atoms. The summed E-state index contributed by atoms with van der Waals surface area (Å²) in [6.07, 6.45) is 0.120. The second-order valence-corrected chi connectivity index (χ2v) is 5.97. The Morgan fingerprint density at radius 1 is 1.04 bits per heavy atom. The van der Waals surface area contributed by atoms with Gasteiger partial charge in [-0.2, -0.15) is 0 Å². The molecule has 0 N–H and O–H groups in total. The molecule has 0 heterocycles. The fraction of sp³-hybridized carbons (Fsp3) is 0.300. The summed E-state index contributed by atoms with van der Waals surface area (Å²) in [6, 6.07) is 16.4. The summed E-state index contributed by atoms with van der Waals surface area (Å²) in [5, 5.41) is 0.574. The summed E-state index contributed by atoms with van der Waals surface area (Å²) in [5.41, 5.74) is 0.811. The van der Waals surface area contributed by atoms with Crippen LogP contribution in [-0.2, 0) is 20.9 Å². The molecule has 0 spiro atoms. The van der Waals surface area contributed by atoms with E-state index in [0.717, 1.165) is 5.56 Å². The van der Waals surface area contributed by atoms with Gasteiger partial charge in [-0.25, -0.2) is 0 Å². The molecule has 2 aromatic rings. The minimum Gasteiger partial charge on any atom is -0.484 e. The van der Waals surface area contributed by atoms with Crippen LogP contribution in [0, 0.1) is 0 Å². The molecule has 0 saturated carbocycles. The second kappa shape index (κ2) is 10.5. The number of benzene rings is 2. The molecule has 6 heteroatoms. The van der Waals surface area contributed by atoms with E-state index in [2.05, 4.69) is 0 Å². The van der Waals surface area contributed by atoms with Crippen LogP contribution in [0.15, 0.2) is 54.6 Å². The van der Waals surface area contributed by atoms with E-state index in [1.165, 1.54) is 0 Å². The fourth-order valence-corrected chi connectivity index (χ4v) is 2.53. The lowest BCUT2D eigenvalue weighted by molar-refractivity contribution is -0.144. The number of amides is 1. The number of carbonyl (C=O) groups excluding carboxylic acids is 2. The quantitative estimate of drug-likeness (QED) is 0.627. The zero-order valence-corrected chi connectivity index (χ0v) is 15.4. The smallest absolute Gasteiger partial charge is 0.307 e. The average molecular weight is 376 g/mol. The number of carbonyl (C=O) groups is 2. The van der Waals surface area contributed by atoms with Gasteiger partial charge in [0.05, 0.1) is 13.0 Å². The van der Waals surface area contributed by atoms with Crippen LogP contribution >= 0.6 is 11.6 Å². The van der Waals surface area contributed by atoms with E-state index in [-0.39, 0.29) is 31.4 Å². The largest absolute Gasteiger partial charge is 0.484 e. The summed E-state index contributed by atoms with van der Waals surface area (Å²) in [5.74, 6) is 0.0513. The normalized spacial score (nSPS) is 10.2. The number of hydrogen-bond donors (Lipinski definition) is 0. The summed E-state index contributed by atoms with van der Waals surface area (Å²) < 4.78 is 10.5. The summed E-state index contributed by atoms with van der Waals surface area (Å²) in [6.45, 7) is 2.49. The molecule has 0 aliphatic heterocycles. The van der Waals surface area contributed by atoms with E-state index in [0.29, 0.717) is 23.9 Å². The Balaban J connectivity index is 2.02. The third-order valence-electron chi connectivity index (χ3n) is 3.67. The molecule has 0 aliphatic carbocycles. The molecular formula is C20H22ClNO4. The van der Waals surface area contributed by atoms with Crippen molar-refractivity contribution in [3.63, 3.8) is 0 Å². The number of rotatable bonds is 9. The van der Waals surface area contributed by atoms with Gasteiger partial charge >= 0.3 is 5.97 Å². The van der Waals surface area contributed by atoms with Gasteiger partial charge in [0.2, 0.25) is 0 Å². The van der Waals surface area contributed by atoms with Crippen molar-refractivity contribution >= 4 is 23.5 Å². The first kappa shape index (κ1) is 19.8. The number of para-hydroxylation sites is 1. The van der Waals surface area contributed by atoms with E-state index in [9.17, 15) is 9.59 Å². The Kier molecular flexibility index (Phi) is 7.96. The standard InChI is InChI=1S/C20H22ClNO4/c1-2-25-20(24)12-13-22(14-16-8-6-7-11-18(16)21)19(23)15-26-17-9-4-3-5-10-17/h3-11H,2,12-15H2,1H3. The van der Waals surface area contributed by atoms with Gasteiger partial charge in [-0.05, 0) is 30.7 Å². The lowest BCUT2D eigenvalue weighted by atomic mass is 10.2. The molecule has 0 radical (unpaired) electrons. The highest BCUT2D eigenvalue weighted by Gasteiger charge is 2.18. The van der Waals surface area contributed by atoms with Gasteiger partial charge in [-0.1, -0.05) is 48.0 Å². The van der Waals surface area contributed by atoms with Gasteiger partial charge in [-0.3, -0.25) is 9.59 Å². The van der Waals surface area contributed by atoms with Crippen LogP contribution in [0.1, 0.15) is 18.9 Å². The molecule has 0 aromatic heterocycles. The highest BCUT2D eigenvalue weighted by atomic mass is 35.5. The van der Waals surface area contributed by atoms with Gasteiger partial charge in [0.1, 0.15) is 5.75 Å². The molecule has 2 rings (SSSR count). The predicted octanol–water partition coefficient (Wildman–Crippen LogP) is 3.70. The molecule has 0 unspecified atom stereocenters. The van der Waals surface area contributed by atoms with Gasteiger partial charge in [0, 0.05) is 18.1 Å². The van der Waals surface area contributed by atoms with Crippen molar-refractivity contribution in [2.75, 3.05) is 19.8 Å². The van der Waals surface area contributed by atoms with Crippen molar-refractivity contribution in [1.29, 1.82) is 0 Å². The van der Waals surface area contributed by atoms with Crippen LogP contribution in [-0.4, -0.2) is 36.5 Å². The molecule has 0 saturated heterocycles. The highest BCUT2D eigenvalue weighted by Crippen LogP contribution is 2.18. The highest BCUT2D eigenvalue weighted by molar-refractivity contribution is 6.31. The fourth-order valence-electron chi connectivity index (χ4n) is 2.34. The molecular weight excluding hydrogens is 354 g/mol. The maximum Gasteiger partial charge on any atom is 0.307 e. The Labute approximate surface area is 158 Å². The second-order valence-electron chi connectivity index (χ2n) is 5.56. The van der Waals surface area contributed by atoms with Crippen LogP contribution in [0.4, 0.5) is 0 Å². The number of ether oxygens (including phenoxy) is 2. The summed E-state index contributed by atoms with van der Waals surface area (Å²) in [4.78, 5) is 25.8. The molecule has 0 aliphatic rings. The molecule has 2 aromatic carbocycles. The van der Waals surface area contributed by atoms with Crippen LogP contribution in [0.3, 0.4) is 0 Å². The van der Waals surface area contributed by atoms with E-state index in [1.54, 1.807) is 30.0 Å². The third kappa shape index (κ3) is 6.41. The van der Waals surface area contributed by atoms with E-state index in [1.807, 2.05) is 36.4 Å². The third-order valence-corrected chi connectivity index (χ3v) is 4.04. The van der Waals surface area contributed by atoms with Crippen LogP contribution < -0.4 is 4.74 Å². The Morgan fingerprint density at radius 3 is 2.42 bits per heavy atom. The lowest BCUT2D eigenvalue weighted by Gasteiger charge is -2.23. The molecule has 0 fully saturated rings. The number of esters is 1. The van der Waals surface area contributed by atoms with Gasteiger partial charge in [-0.15, -0.1) is 0 Å². The monoisotopic (exact) mass is 375 g/mol. The van der Waals surface area contributed by atoms with E-state index >= 15 is 0 Å². The van der Waals surface area contributed by atoms with Crippen LogP contribution in [0.25, 0.3) is 0 Å². The van der Waals surface area contributed by atoms with Crippen molar-refractivity contribution in [1.82, 2.24) is 4.90 Å². The minimum absolute atomic E-state index is 0.114. The maximum atomic E-state index is 12.6. The Morgan fingerprint density at radius 2 is 1.73 bits per heavy atom. The predicted molar refractivity (Wildman–Crippen MR) is 100 cm³/mol. The Bertz CT molecular complexity index is 721. The molecule has 138 valence electrons. The number of halogens is 1. The molecule has 0 atom stereocenters. The summed E-state index contributed by atoms with van der Waals surface area (Å²) >= 11 is 6.20. The maximum absolute atomic E-state index is 12.6. The first-order valence-corrected chi connectivity index (χ1v) is 8.82. The number of nitrogens with zero attached hydrogens (tertiary/aromatic N) is 1. The first-order valence-electron chi connectivity index (χ1n) is 8.44. The average Bonchev–Trinajstić information content (AvgIpc) is 2.65. The van der Waals surface area contributed by atoms with E-state index in [4.69, 9.17) is 21.1 Å². The van der Waals surface area contributed by atoms with Crippen LogP contribution in [0.2, 0.25) is 5.02 Å². The Hall–Kier alpha value is -2.53. The van der Waals surface area contributed by atoms with Crippen LogP contribution in [0.5, 0.6) is 5.75 Å². The van der Waals surface area contributed by atoms with Crippen molar-refractivity contribution in [3.05, 3.63) is 65.2 Å². The minimum atomic E-state index is -0.339. The van der Waals surface area contributed by atoms with Crippen molar-refractivity contribution in [3.8, 4) is 5.75 Å². The SMILES string of the molecule is CCOC(=O)CCN(Cc1ccccc1Cl)C(=O)COc1ccccc1. The molecule has 5 nitrogen and oxygen atoms in total. The van der Waals surface area contributed by atoms with Gasteiger partial charge < -0.3 is 14.4 Å². The van der Waals surface area contributed by atoms with Crippen molar-refractivity contribution in [2.45, 2.75) is 19.9 Å². The van der Waals surface area contributed by atoms with Crippen molar-refractivity contribution < 1.29 is 19.1 Å². The van der Waals surface area contributed by atoms with Gasteiger partial charge in [0.15, 0.2) is 6.61 Å².